The SMILES string of the molecule is C=C(/C=C(\C=C/C(C)CC)C1OC=C(C=O)N1C)NCC(F)(F)F. The molecule has 1 rings (SSSR count). The Morgan fingerprint density at radius 3 is 2.71 bits per heavy atom. The molecule has 7 heteroatoms. The molecule has 0 spiro atoms. The molecule has 0 fully saturated rings. The zero-order chi connectivity index (χ0) is 18.3. The van der Waals surface area contributed by atoms with Crippen molar-refractivity contribution in [1.82, 2.24) is 10.2 Å². The predicted octanol–water partition coefficient (Wildman–Crippen LogP) is 3.51. The lowest BCUT2D eigenvalue weighted by Gasteiger charge is -2.23. The van der Waals surface area contributed by atoms with Crippen molar-refractivity contribution in [2.24, 2.45) is 5.92 Å². The molecule has 2 atom stereocenters. The minimum absolute atomic E-state index is 0.118. The number of alkyl halides is 3. The molecule has 4 nitrogen and oxygen atoms in total. The lowest BCUT2D eigenvalue weighted by molar-refractivity contribution is -0.123. The fraction of sp³-hybridized carbons (Fsp3) is 0.471. The van der Waals surface area contributed by atoms with Crippen molar-refractivity contribution in [3.63, 3.8) is 0 Å². The van der Waals surface area contributed by atoms with Gasteiger partial charge in [-0.2, -0.15) is 13.2 Å². The quantitative estimate of drug-likeness (QED) is 0.540. The van der Waals surface area contributed by atoms with E-state index in [-0.39, 0.29) is 5.70 Å². The van der Waals surface area contributed by atoms with Gasteiger partial charge >= 0.3 is 6.18 Å². The molecule has 1 heterocycles. The average Bonchev–Trinajstić information content (AvgIpc) is 2.89. The Hall–Kier alpha value is -2.18. The number of aldehydes is 1. The summed E-state index contributed by atoms with van der Waals surface area (Å²) in [7, 11) is 1.68. The van der Waals surface area contributed by atoms with Gasteiger partial charge in [0.25, 0.3) is 0 Å². The molecule has 0 aromatic rings. The first-order valence-electron chi connectivity index (χ1n) is 7.61. The number of nitrogens with one attached hydrogen (secondary N) is 1. The van der Waals surface area contributed by atoms with Gasteiger partial charge in [0, 0.05) is 18.3 Å². The number of hydrogen-bond acceptors (Lipinski definition) is 4. The van der Waals surface area contributed by atoms with E-state index in [4.69, 9.17) is 4.74 Å². The Bertz CT molecular complexity index is 551. The molecule has 1 aliphatic rings. The summed E-state index contributed by atoms with van der Waals surface area (Å²) in [5.74, 6) is 0.301. The zero-order valence-electron chi connectivity index (χ0n) is 14.1. The third-order valence-corrected chi connectivity index (χ3v) is 3.60. The molecule has 0 aliphatic carbocycles. The second-order valence-electron chi connectivity index (χ2n) is 5.64. The minimum Gasteiger partial charge on any atom is -0.472 e. The lowest BCUT2D eigenvalue weighted by atomic mass is 10.1. The molecule has 134 valence electrons. The van der Waals surface area contributed by atoms with Crippen LogP contribution in [0.15, 0.2) is 48.0 Å². The maximum absolute atomic E-state index is 12.3. The summed E-state index contributed by atoms with van der Waals surface area (Å²) in [6.45, 7) is 6.50. The molecule has 24 heavy (non-hydrogen) atoms. The second kappa shape index (κ2) is 8.61. The van der Waals surface area contributed by atoms with Gasteiger partial charge in [-0.3, -0.25) is 4.79 Å². The topological polar surface area (TPSA) is 41.6 Å². The first-order chi connectivity index (χ1) is 11.2. The third-order valence-electron chi connectivity index (χ3n) is 3.60. The van der Waals surface area contributed by atoms with Crippen LogP contribution >= 0.6 is 0 Å². The Kier molecular flexibility index (Phi) is 7.13. The van der Waals surface area contributed by atoms with Crippen LogP contribution in [0.1, 0.15) is 20.3 Å². The van der Waals surface area contributed by atoms with Gasteiger partial charge < -0.3 is 15.0 Å². The Morgan fingerprint density at radius 1 is 1.54 bits per heavy atom. The number of nitrogens with zero attached hydrogens (tertiary/aromatic N) is 1. The van der Waals surface area contributed by atoms with E-state index in [1.54, 1.807) is 18.0 Å². The van der Waals surface area contributed by atoms with Crippen molar-refractivity contribution in [2.75, 3.05) is 13.6 Å². The van der Waals surface area contributed by atoms with Crippen molar-refractivity contribution in [2.45, 2.75) is 32.7 Å². The summed E-state index contributed by atoms with van der Waals surface area (Å²) in [5.41, 5.74) is 1.08. The number of allylic oxidation sites excluding steroid dienone is 3. The molecule has 0 amide bonds. The van der Waals surface area contributed by atoms with Crippen molar-refractivity contribution in [3.8, 4) is 0 Å². The highest BCUT2D eigenvalue weighted by atomic mass is 19.4. The summed E-state index contributed by atoms with van der Waals surface area (Å²) in [5, 5.41) is 2.23. The minimum atomic E-state index is -4.32. The highest BCUT2D eigenvalue weighted by Crippen LogP contribution is 2.24. The van der Waals surface area contributed by atoms with Crippen LogP contribution in [0, 0.1) is 5.92 Å². The predicted molar refractivity (Wildman–Crippen MR) is 86.7 cm³/mol. The van der Waals surface area contributed by atoms with Crippen LogP contribution in [0.2, 0.25) is 0 Å². The summed E-state index contributed by atoms with van der Waals surface area (Å²) in [6.07, 6.45) is 3.23. The molecule has 0 bridgehead atoms. The van der Waals surface area contributed by atoms with Gasteiger partial charge in [0.15, 0.2) is 12.5 Å². The molecule has 1 aliphatic heterocycles. The number of carbonyl (C=O) groups excluding carboxylic acids is 1. The van der Waals surface area contributed by atoms with E-state index in [9.17, 15) is 18.0 Å². The first-order valence-corrected chi connectivity index (χ1v) is 7.61. The van der Waals surface area contributed by atoms with Crippen molar-refractivity contribution in [1.29, 1.82) is 0 Å². The number of carbonyl (C=O) groups is 1. The first kappa shape index (κ1) is 19.9. The molecule has 0 aromatic heterocycles. The van der Waals surface area contributed by atoms with Crippen LogP contribution < -0.4 is 5.32 Å². The van der Waals surface area contributed by atoms with Gasteiger partial charge in [-0.1, -0.05) is 39.0 Å². The summed E-state index contributed by atoms with van der Waals surface area (Å²) < 4.78 is 42.3. The molecule has 2 unspecified atom stereocenters. The van der Waals surface area contributed by atoms with E-state index < -0.39 is 18.9 Å². The molecule has 0 saturated heterocycles. The monoisotopic (exact) mass is 344 g/mol. The third kappa shape index (κ3) is 6.14. The van der Waals surface area contributed by atoms with E-state index >= 15 is 0 Å². The van der Waals surface area contributed by atoms with Crippen LogP contribution in [-0.4, -0.2) is 37.2 Å². The van der Waals surface area contributed by atoms with Crippen LogP contribution in [0.5, 0.6) is 0 Å². The molecule has 1 N–H and O–H groups in total. The number of rotatable bonds is 8. The van der Waals surface area contributed by atoms with Gasteiger partial charge in [0.05, 0.1) is 0 Å². The normalized spacial score (nSPS) is 19.9. The summed E-state index contributed by atoms with van der Waals surface area (Å²) >= 11 is 0. The van der Waals surface area contributed by atoms with Gasteiger partial charge in [0.2, 0.25) is 0 Å². The molecule has 0 aromatic carbocycles. The Labute approximate surface area is 140 Å². The average molecular weight is 344 g/mol. The van der Waals surface area contributed by atoms with Crippen molar-refractivity contribution < 1.29 is 22.7 Å². The fourth-order valence-corrected chi connectivity index (χ4v) is 1.94. The van der Waals surface area contributed by atoms with Gasteiger partial charge in [-0.25, -0.2) is 0 Å². The number of hydrogen-bond donors (Lipinski definition) is 1. The van der Waals surface area contributed by atoms with Crippen molar-refractivity contribution in [3.05, 3.63) is 48.0 Å². The number of halogens is 3. The van der Waals surface area contributed by atoms with Gasteiger partial charge in [-0.05, 0) is 12.0 Å². The smallest absolute Gasteiger partial charge is 0.405 e. The van der Waals surface area contributed by atoms with Gasteiger partial charge in [-0.15, -0.1) is 0 Å². The maximum Gasteiger partial charge on any atom is 0.405 e. The number of likely N-dealkylation sites (N-methyl/N-ethyl adjacent to an activating group) is 1. The van der Waals surface area contributed by atoms with E-state index in [2.05, 4.69) is 11.9 Å². The zero-order valence-corrected chi connectivity index (χ0v) is 14.1. The highest BCUT2D eigenvalue weighted by molar-refractivity contribution is 5.72. The van der Waals surface area contributed by atoms with Crippen LogP contribution in [-0.2, 0) is 9.53 Å². The van der Waals surface area contributed by atoms with Crippen LogP contribution in [0.25, 0.3) is 0 Å². The van der Waals surface area contributed by atoms with E-state index in [0.717, 1.165) is 6.42 Å². The Morgan fingerprint density at radius 2 is 2.21 bits per heavy atom. The Balaban J connectivity index is 2.93. The molecule has 0 saturated carbocycles. The number of ether oxygens (including phenoxy) is 1. The maximum atomic E-state index is 12.3. The summed E-state index contributed by atoms with van der Waals surface area (Å²) in [6, 6.07) is 0. The van der Waals surface area contributed by atoms with E-state index in [1.165, 1.54) is 12.3 Å². The largest absolute Gasteiger partial charge is 0.472 e. The lowest BCUT2D eigenvalue weighted by Crippen LogP contribution is -2.30. The van der Waals surface area contributed by atoms with Crippen LogP contribution in [0.4, 0.5) is 13.2 Å². The molecular weight excluding hydrogens is 321 g/mol. The van der Waals surface area contributed by atoms with E-state index in [0.29, 0.717) is 23.5 Å². The second-order valence-corrected chi connectivity index (χ2v) is 5.64. The fourth-order valence-electron chi connectivity index (χ4n) is 1.94. The van der Waals surface area contributed by atoms with Crippen LogP contribution in [0.3, 0.4) is 0 Å². The highest BCUT2D eigenvalue weighted by Gasteiger charge is 2.28. The van der Waals surface area contributed by atoms with Gasteiger partial charge in [0.1, 0.15) is 18.5 Å². The molecule has 0 radical (unpaired) electrons. The standard InChI is InChI=1S/C17H23F3N2O2/c1-5-12(2)6-7-14(8-13(3)21-11-17(18,19)20)16-22(4)15(9-23)10-24-16/h6-10,12,16,21H,3,5,11H2,1-2,4H3/b7-6-,14-8+. The summed E-state index contributed by atoms with van der Waals surface area (Å²) in [4.78, 5) is 12.6. The van der Waals surface area contributed by atoms with Crippen molar-refractivity contribution >= 4 is 6.29 Å². The van der Waals surface area contributed by atoms with E-state index in [1.807, 2.05) is 19.9 Å². The molecular formula is C17H23F3N2O2.